The van der Waals surface area contributed by atoms with E-state index in [0.717, 1.165) is 64.9 Å². The summed E-state index contributed by atoms with van der Waals surface area (Å²) in [7, 11) is 1.81. The van der Waals surface area contributed by atoms with Crippen molar-refractivity contribution in [3.05, 3.63) is 34.9 Å². The van der Waals surface area contributed by atoms with Gasteiger partial charge in [-0.05, 0) is 55.3 Å². The molecular formula is C23H38N2O2. The summed E-state index contributed by atoms with van der Waals surface area (Å²) in [6, 6.07) is 7.36. The van der Waals surface area contributed by atoms with Gasteiger partial charge < -0.3 is 15.2 Å². The monoisotopic (exact) mass is 374 g/mol. The van der Waals surface area contributed by atoms with Crippen molar-refractivity contribution in [1.29, 1.82) is 0 Å². The summed E-state index contributed by atoms with van der Waals surface area (Å²) < 4.78 is 5.57. The maximum absolute atomic E-state index is 10.6. The first-order valence-electron chi connectivity index (χ1n) is 10.9. The van der Waals surface area contributed by atoms with E-state index in [1.165, 1.54) is 36.0 Å². The molecule has 4 nitrogen and oxygen atoms in total. The lowest BCUT2D eigenvalue weighted by Gasteiger charge is -2.37. The molecule has 1 fully saturated rings. The standard InChI is InChI=1S/C23H38N2O2/c1-3-19-8-9-20-10-15-25(22(17-27-2)21(20)16-19)14-7-13-24-18-23(26)11-5-4-6-12-23/h8-9,16,22,24,26H,3-7,10-15,17-18H2,1-2H3. The molecule has 0 amide bonds. The van der Waals surface area contributed by atoms with Crippen LogP contribution in [0, 0.1) is 0 Å². The first kappa shape index (κ1) is 20.8. The number of hydrogen-bond acceptors (Lipinski definition) is 4. The van der Waals surface area contributed by atoms with Gasteiger partial charge in [0.2, 0.25) is 0 Å². The Hall–Kier alpha value is -0.940. The fraction of sp³-hybridized carbons (Fsp3) is 0.739. The minimum atomic E-state index is -0.461. The van der Waals surface area contributed by atoms with E-state index >= 15 is 0 Å². The molecule has 0 aromatic heterocycles. The van der Waals surface area contributed by atoms with Crippen molar-refractivity contribution in [3.8, 4) is 0 Å². The van der Waals surface area contributed by atoms with E-state index in [-0.39, 0.29) is 0 Å². The topological polar surface area (TPSA) is 44.7 Å². The number of nitrogens with one attached hydrogen (secondary N) is 1. The lowest BCUT2D eigenvalue weighted by molar-refractivity contribution is 0.00476. The number of methoxy groups -OCH3 is 1. The SMILES string of the molecule is CCc1ccc2c(c1)C(COC)N(CCCNCC1(O)CCCCC1)CC2. The fourth-order valence-electron chi connectivity index (χ4n) is 4.75. The average Bonchev–Trinajstić information content (AvgIpc) is 2.69. The highest BCUT2D eigenvalue weighted by atomic mass is 16.5. The molecule has 1 atom stereocenters. The Labute approximate surface area is 165 Å². The number of ether oxygens (including phenoxy) is 1. The highest BCUT2D eigenvalue weighted by Gasteiger charge is 2.29. The molecule has 1 heterocycles. The molecule has 1 saturated carbocycles. The number of fused-ring (bicyclic) bond motifs is 1. The summed E-state index contributed by atoms with van der Waals surface area (Å²) in [4.78, 5) is 2.59. The van der Waals surface area contributed by atoms with Crippen LogP contribution in [0.3, 0.4) is 0 Å². The van der Waals surface area contributed by atoms with E-state index in [0.29, 0.717) is 6.04 Å². The maximum atomic E-state index is 10.6. The Kier molecular flexibility index (Phi) is 7.71. The van der Waals surface area contributed by atoms with E-state index in [2.05, 4.69) is 35.3 Å². The van der Waals surface area contributed by atoms with E-state index < -0.39 is 5.60 Å². The number of rotatable bonds is 9. The maximum Gasteiger partial charge on any atom is 0.0771 e. The molecule has 1 aromatic carbocycles. The molecule has 2 N–H and O–H groups in total. The van der Waals surface area contributed by atoms with Crippen molar-refractivity contribution in [2.75, 3.05) is 39.9 Å². The molecule has 27 heavy (non-hydrogen) atoms. The van der Waals surface area contributed by atoms with Gasteiger partial charge in [0.1, 0.15) is 0 Å². The van der Waals surface area contributed by atoms with Crippen molar-refractivity contribution >= 4 is 0 Å². The number of aliphatic hydroxyl groups is 1. The van der Waals surface area contributed by atoms with Crippen molar-refractivity contribution in [3.63, 3.8) is 0 Å². The molecule has 0 radical (unpaired) electrons. The lowest BCUT2D eigenvalue weighted by Crippen LogP contribution is -2.43. The van der Waals surface area contributed by atoms with Crippen molar-refractivity contribution in [2.24, 2.45) is 0 Å². The van der Waals surface area contributed by atoms with E-state index in [9.17, 15) is 5.11 Å². The molecule has 3 rings (SSSR count). The summed E-state index contributed by atoms with van der Waals surface area (Å²) in [5.41, 5.74) is 3.91. The third kappa shape index (κ3) is 5.54. The Balaban J connectivity index is 1.50. The summed E-state index contributed by atoms with van der Waals surface area (Å²) in [6.45, 7) is 6.89. The van der Waals surface area contributed by atoms with Gasteiger partial charge in [-0.15, -0.1) is 0 Å². The quantitative estimate of drug-likeness (QED) is 0.650. The number of benzene rings is 1. The van der Waals surface area contributed by atoms with Crippen LogP contribution in [-0.2, 0) is 17.6 Å². The Bertz CT molecular complexity index is 584. The number of hydrogen-bond donors (Lipinski definition) is 2. The third-order valence-corrected chi connectivity index (χ3v) is 6.45. The molecule has 0 spiro atoms. The molecule has 1 unspecified atom stereocenters. The van der Waals surface area contributed by atoms with Gasteiger partial charge in [0.05, 0.1) is 18.2 Å². The molecule has 4 heteroatoms. The van der Waals surface area contributed by atoms with Crippen LogP contribution in [0.2, 0.25) is 0 Å². The summed E-state index contributed by atoms with van der Waals surface area (Å²) in [5.74, 6) is 0. The second kappa shape index (κ2) is 10.0. The molecule has 0 bridgehead atoms. The van der Waals surface area contributed by atoms with Gasteiger partial charge >= 0.3 is 0 Å². The minimum absolute atomic E-state index is 0.368. The first-order chi connectivity index (χ1) is 13.1. The van der Waals surface area contributed by atoms with Gasteiger partial charge in [-0.25, -0.2) is 0 Å². The van der Waals surface area contributed by atoms with Crippen molar-refractivity contribution in [1.82, 2.24) is 10.2 Å². The van der Waals surface area contributed by atoms with Crippen LogP contribution in [0.25, 0.3) is 0 Å². The van der Waals surface area contributed by atoms with Crippen molar-refractivity contribution in [2.45, 2.75) is 69.9 Å². The minimum Gasteiger partial charge on any atom is -0.389 e. The van der Waals surface area contributed by atoms with Crippen LogP contribution < -0.4 is 5.32 Å². The molecule has 1 aliphatic heterocycles. The highest BCUT2D eigenvalue weighted by Crippen LogP contribution is 2.31. The van der Waals surface area contributed by atoms with Crippen LogP contribution in [-0.4, -0.2) is 55.5 Å². The molecule has 2 aliphatic rings. The van der Waals surface area contributed by atoms with Crippen LogP contribution >= 0.6 is 0 Å². The van der Waals surface area contributed by atoms with E-state index in [1.54, 1.807) is 0 Å². The van der Waals surface area contributed by atoms with Crippen LogP contribution in [0.4, 0.5) is 0 Å². The summed E-state index contributed by atoms with van der Waals surface area (Å²) in [5, 5.41) is 14.1. The predicted molar refractivity (Wildman–Crippen MR) is 111 cm³/mol. The Morgan fingerprint density at radius 2 is 2.07 bits per heavy atom. The summed E-state index contributed by atoms with van der Waals surface area (Å²) >= 11 is 0. The highest BCUT2D eigenvalue weighted by molar-refractivity contribution is 5.36. The average molecular weight is 375 g/mol. The number of nitrogens with zero attached hydrogens (tertiary/aromatic N) is 1. The Morgan fingerprint density at radius 3 is 2.81 bits per heavy atom. The lowest BCUT2D eigenvalue weighted by atomic mass is 9.85. The van der Waals surface area contributed by atoms with Crippen LogP contribution in [0.15, 0.2) is 18.2 Å². The zero-order valence-electron chi connectivity index (χ0n) is 17.3. The van der Waals surface area contributed by atoms with E-state index in [4.69, 9.17) is 4.74 Å². The smallest absolute Gasteiger partial charge is 0.0771 e. The largest absolute Gasteiger partial charge is 0.389 e. The summed E-state index contributed by atoms with van der Waals surface area (Å²) in [6.07, 6.45) is 8.86. The Morgan fingerprint density at radius 1 is 1.26 bits per heavy atom. The van der Waals surface area contributed by atoms with Gasteiger partial charge in [-0.2, -0.15) is 0 Å². The van der Waals surface area contributed by atoms with Gasteiger partial charge in [-0.1, -0.05) is 44.4 Å². The normalized spacial score (nSPS) is 22.6. The second-order valence-corrected chi connectivity index (χ2v) is 8.46. The molecule has 1 aliphatic carbocycles. The predicted octanol–water partition coefficient (Wildman–Crippen LogP) is 3.47. The van der Waals surface area contributed by atoms with Crippen LogP contribution in [0.5, 0.6) is 0 Å². The second-order valence-electron chi connectivity index (χ2n) is 8.46. The molecule has 1 aromatic rings. The zero-order chi connectivity index (χ0) is 19.1. The van der Waals surface area contributed by atoms with Gasteiger partial charge in [-0.3, -0.25) is 4.90 Å². The molecule has 0 saturated heterocycles. The zero-order valence-corrected chi connectivity index (χ0v) is 17.3. The molecular weight excluding hydrogens is 336 g/mol. The van der Waals surface area contributed by atoms with Gasteiger partial charge in [0.25, 0.3) is 0 Å². The first-order valence-corrected chi connectivity index (χ1v) is 10.9. The van der Waals surface area contributed by atoms with Gasteiger partial charge in [0.15, 0.2) is 0 Å². The van der Waals surface area contributed by atoms with Crippen LogP contribution in [0.1, 0.15) is 68.2 Å². The van der Waals surface area contributed by atoms with Crippen molar-refractivity contribution < 1.29 is 9.84 Å². The fourth-order valence-corrected chi connectivity index (χ4v) is 4.75. The van der Waals surface area contributed by atoms with E-state index in [1.807, 2.05) is 7.11 Å². The third-order valence-electron chi connectivity index (χ3n) is 6.45. The number of aryl methyl sites for hydroxylation is 1. The molecule has 152 valence electrons. The van der Waals surface area contributed by atoms with Gasteiger partial charge in [0, 0.05) is 26.7 Å².